The first kappa shape index (κ1) is 12.9. The number of ether oxygens (including phenoxy) is 1. The van der Waals surface area contributed by atoms with E-state index in [1.165, 1.54) is 12.8 Å². The lowest BCUT2D eigenvalue weighted by molar-refractivity contribution is 0.0600. The number of hydrogen-bond donors (Lipinski definition) is 1. The molecule has 0 amide bonds. The zero-order valence-corrected chi connectivity index (χ0v) is 9.76. The summed E-state index contributed by atoms with van der Waals surface area (Å²) in [6, 6.07) is 0.518. The van der Waals surface area contributed by atoms with Crippen LogP contribution in [0.3, 0.4) is 0 Å². The van der Waals surface area contributed by atoms with E-state index >= 15 is 0 Å². The molecule has 0 aliphatic heterocycles. The second kappa shape index (κ2) is 7.34. The van der Waals surface area contributed by atoms with Crippen LogP contribution in [0.15, 0.2) is 0 Å². The number of hydrogen-bond acceptors (Lipinski definition) is 2. The van der Waals surface area contributed by atoms with Crippen molar-refractivity contribution in [2.24, 2.45) is 5.92 Å². The Bertz CT molecular complexity index is 101. The van der Waals surface area contributed by atoms with Crippen LogP contribution in [0, 0.1) is 5.92 Å². The lowest BCUT2D eigenvalue weighted by Gasteiger charge is -2.18. The molecule has 2 nitrogen and oxygen atoms in total. The topological polar surface area (TPSA) is 21.3 Å². The van der Waals surface area contributed by atoms with Crippen LogP contribution >= 0.6 is 0 Å². The molecule has 0 aromatic carbocycles. The predicted molar refractivity (Wildman–Crippen MR) is 58.0 cm³/mol. The van der Waals surface area contributed by atoms with Crippen molar-refractivity contribution in [3.8, 4) is 0 Å². The highest BCUT2D eigenvalue weighted by Crippen LogP contribution is 2.07. The quantitative estimate of drug-likeness (QED) is 0.661. The third kappa shape index (κ3) is 8.26. The highest BCUT2D eigenvalue weighted by atomic mass is 16.5. The zero-order chi connectivity index (χ0) is 10.3. The van der Waals surface area contributed by atoms with Crippen LogP contribution in [0.5, 0.6) is 0 Å². The van der Waals surface area contributed by atoms with Crippen LogP contribution in [-0.4, -0.2) is 25.8 Å². The molecule has 0 fully saturated rings. The standard InChI is InChI=1S/C11H25NO/c1-9(2)6-7-11(12-5)8-13-10(3)4/h9-12H,6-8H2,1-5H3. The summed E-state index contributed by atoms with van der Waals surface area (Å²) >= 11 is 0. The molecule has 0 bridgehead atoms. The zero-order valence-electron chi connectivity index (χ0n) is 9.76. The minimum absolute atomic E-state index is 0.342. The van der Waals surface area contributed by atoms with Gasteiger partial charge in [-0.05, 0) is 39.7 Å². The average molecular weight is 187 g/mol. The minimum atomic E-state index is 0.342. The lowest BCUT2D eigenvalue weighted by atomic mass is 10.0. The van der Waals surface area contributed by atoms with Crippen molar-refractivity contribution in [2.45, 2.75) is 52.7 Å². The van der Waals surface area contributed by atoms with Crippen LogP contribution in [-0.2, 0) is 4.74 Å². The first-order valence-corrected chi connectivity index (χ1v) is 5.35. The SMILES string of the molecule is CNC(CCC(C)C)COC(C)C. The van der Waals surface area contributed by atoms with Crippen LogP contribution in [0.1, 0.15) is 40.5 Å². The monoisotopic (exact) mass is 187 g/mol. The molecular formula is C11H25NO. The van der Waals surface area contributed by atoms with Gasteiger partial charge in [0.05, 0.1) is 12.7 Å². The molecule has 0 aromatic heterocycles. The first-order chi connectivity index (χ1) is 6.06. The summed E-state index contributed by atoms with van der Waals surface area (Å²) in [6.45, 7) is 9.51. The van der Waals surface area contributed by atoms with E-state index in [4.69, 9.17) is 4.74 Å². The van der Waals surface area contributed by atoms with Gasteiger partial charge in [0.1, 0.15) is 0 Å². The maximum atomic E-state index is 5.56. The second-order valence-corrected chi connectivity index (χ2v) is 4.34. The third-order valence-electron chi connectivity index (χ3n) is 2.13. The molecule has 0 rings (SSSR count). The van der Waals surface area contributed by atoms with Crippen molar-refractivity contribution >= 4 is 0 Å². The normalized spacial score (nSPS) is 14.1. The minimum Gasteiger partial charge on any atom is -0.377 e. The van der Waals surface area contributed by atoms with Crippen molar-refractivity contribution in [1.29, 1.82) is 0 Å². The van der Waals surface area contributed by atoms with Crippen LogP contribution in [0.4, 0.5) is 0 Å². The summed E-state index contributed by atoms with van der Waals surface area (Å²) in [5, 5.41) is 3.29. The van der Waals surface area contributed by atoms with Crippen molar-refractivity contribution in [3.05, 3.63) is 0 Å². The van der Waals surface area contributed by atoms with E-state index in [0.29, 0.717) is 12.1 Å². The Morgan fingerprint density at radius 3 is 2.08 bits per heavy atom. The average Bonchev–Trinajstić information content (AvgIpc) is 2.04. The van der Waals surface area contributed by atoms with Gasteiger partial charge in [-0.1, -0.05) is 13.8 Å². The molecule has 0 saturated carbocycles. The fourth-order valence-electron chi connectivity index (χ4n) is 1.15. The Labute approximate surface area is 83.1 Å². The van der Waals surface area contributed by atoms with Crippen molar-refractivity contribution < 1.29 is 4.74 Å². The van der Waals surface area contributed by atoms with Gasteiger partial charge in [0.25, 0.3) is 0 Å². The van der Waals surface area contributed by atoms with Crippen molar-refractivity contribution in [1.82, 2.24) is 5.32 Å². The van der Waals surface area contributed by atoms with E-state index in [2.05, 4.69) is 33.0 Å². The molecule has 13 heavy (non-hydrogen) atoms. The van der Waals surface area contributed by atoms with Gasteiger partial charge in [-0.3, -0.25) is 0 Å². The van der Waals surface area contributed by atoms with Gasteiger partial charge < -0.3 is 10.1 Å². The van der Waals surface area contributed by atoms with E-state index in [0.717, 1.165) is 12.5 Å². The van der Waals surface area contributed by atoms with Gasteiger partial charge >= 0.3 is 0 Å². The highest BCUT2D eigenvalue weighted by Gasteiger charge is 2.07. The molecule has 80 valence electrons. The summed E-state index contributed by atoms with van der Waals surface area (Å²) in [7, 11) is 2.01. The van der Waals surface area contributed by atoms with Gasteiger partial charge in [-0.2, -0.15) is 0 Å². The molecule has 0 radical (unpaired) electrons. The van der Waals surface area contributed by atoms with Gasteiger partial charge in [-0.15, -0.1) is 0 Å². The van der Waals surface area contributed by atoms with E-state index < -0.39 is 0 Å². The highest BCUT2D eigenvalue weighted by molar-refractivity contribution is 4.64. The van der Waals surface area contributed by atoms with Crippen molar-refractivity contribution in [2.75, 3.05) is 13.7 Å². The molecule has 0 aliphatic carbocycles. The number of likely N-dealkylation sites (N-methyl/N-ethyl adjacent to an activating group) is 1. The molecule has 0 spiro atoms. The molecular weight excluding hydrogens is 162 g/mol. The summed E-state index contributed by atoms with van der Waals surface area (Å²) in [6.07, 6.45) is 2.82. The number of rotatable bonds is 7. The maximum Gasteiger partial charge on any atom is 0.0622 e. The molecule has 0 aromatic rings. The Balaban J connectivity index is 3.51. The molecule has 0 heterocycles. The fourth-order valence-corrected chi connectivity index (χ4v) is 1.15. The van der Waals surface area contributed by atoms with Gasteiger partial charge in [-0.25, -0.2) is 0 Å². The first-order valence-electron chi connectivity index (χ1n) is 5.35. The summed E-state index contributed by atoms with van der Waals surface area (Å²) < 4.78 is 5.56. The molecule has 1 unspecified atom stereocenters. The number of nitrogens with one attached hydrogen (secondary N) is 1. The van der Waals surface area contributed by atoms with Crippen molar-refractivity contribution in [3.63, 3.8) is 0 Å². The molecule has 1 atom stereocenters. The Morgan fingerprint density at radius 1 is 1.08 bits per heavy atom. The van der Waals surface area contributed by atoms with Gasteiger partial charge in [0.2, 0.25) is 0 Å². The molecule has 0 aliphatic rings. The Hall–Kier alpha value is -0.0800. The second-order valence-electron chi connectivity index (χ2n) is 4.34. The molecule has 1 N–H and O–H groups in total. The van der Waals surface area contributed by atoms with Crippen LogP contribution < -0.4 is 5.32 Å². The lowest BCUT2D eigenvalue weighted by Crippen LogP contribution is -2.31. The Kier molecular flexibility index (Phi) is 7.29. The van der Waals surface area contributed by atoms with Crippen LogP contribution in [0.2, 0.25) is 0 Å². The van der Waals surface area contributed by atoms with Gasteiger partial charge in [0, 0.05) is 6.04 Å². The summed E-state index contributed by atoms with van der Waals surface area (Å²) in [4.78, 5) is 0. The molecule has 0 saturated heterocycles. The van der Waals surface area contributed by atoms with E-state index in [9.17, 15) is 0 Å². The smallest absolute Gasteiger partial charge is 0.0622 e. The molecule has 2 heteroatoms. The summed E-state index contributed by atoms with van der Waals surface area (Å²) in [5.74, 6) is 0.787. The largest absolute Gasteiger partial charge is 0.377 e. The van der Waals surface area contributed by atoms with E-state index in [1.54, 1.807) is 0 Å². The fraction of sp³-hybridized carbons (Fsp3) is 1.00. The van der Waals surface area contributed by atoms with Gasteiger partial charge in [0.15, 0.2) is 0 Å². The third-order valence-corrected chi connectivity index (χ3v) is 2.13. The summed E-state index contributed by atoms with van der Waals surface area (Å²) in [5.41, 5.74) is 0. The predicted octanol–water partition coefficient (Wildman–Crippen LogP) is 2.44. The van der Waals surface area contributed by atoms with E-state index in [1.807, 2.05) is 7.05 Å². The Morgan fingerprint density at radius 2 is 1.69 bits per heavy atom. The van der Waals surface area contributed by atoms with E-state index in [-0.39, 0.29) is 0 Å². The maximum absolute atomic E-state index is 5.56. The van der Waals surface area contributed by atoms with Crippen LogP contribution in [0.25, 0.3) is 0 Å².